The normalized spacial score (nSPS) is 25.6. The lowest BCUT2D eigenvalue weighted by atomic mass is 10.1. The molecule has 0 aliphatic carbocycles. The molecule has 1 aromatic rings. The Morgan fingerprint density at radius 1 is 1.30 bits per heavy atom. The molecule has 1 amide bonds. The number of ether oxygens (including phenoxy) is 1. The number of carbonyl (C=O) groups is 1. The van der Waals surface area contributed by atoms with Gasteiger partial charge in [-0.25, -0.2) is 0 Å². The van der Waals surface area contributed by atoms with E-state index in [1.807, 2.05) is 23.1 Å². The number of piperazine rings is 1. The molecule has 0 spiro atoms. The second kappa shape index (κ2) is 7.29. The molecule has 2 heterocycles. The van der Waals surface area contributed by atoms with Gasteiger partial charge in [-0.05, 0) is 12.5 Å². The first-order valence-electron chi connectivity index (χ1n) is 8.22. The number of amides is 1. The number of nitrogens with one attached hydrogen (secondary N) is 1. The molecule has 0 saturated carbocycles. The van der Waals surface area contributed by atoms with E-state index >= 15 is 0 Å². The Morgan fingerprint density at radius 3 is 2.70 bits per heavy atom. The molecule has 0 bridgehead atoms. The number of nitrogens with zero attached hydrogens (tertiary/aromatic N) is 2. The smallest absolute Gasteiger partial charge is 0.239 e. The summed E-state index contributed by atoms with van der Waals surface area (Å²) in [4.78, 5) is 16.7. The van der Waals surface area contributed by atoms with Crippen molar-refractivity contribution in [1.82, 2.24) is 15.1 Å². The minimum absolute atomic E-state index is 0.124. The first-order valence-corrected chi connectivity index (χ1v) is 8.22. The first kappa shape index (κ1) is 16.2. The predicted molar refractivity (Wildman–Crippen MR) is 87.3 cm³/mol. The summed E-state index contributed by atoms with van der Waals surface area (Å²) < 4.78 is 5.40. The fourth-order valence-corrected chi connectivity index (χ4v) is 3.33. The van der Waals surface area contributed by atoms with Crippen LogP contribution >= 0.6 is 0 Å². The molecule has 0 aromatic heterocycles. The fourth-order valence-electron chi connectivity index (χ4n) is 3.33. The number of aliphatic hydroxyl groups is 1. The monoisotopic (exact) mass is 319 g/mol. The maximum atomic E-state index is 12.4. The summed E-state index contributed by atoms with van der Waals surface area (Å²) in [5, 5.41) is 12.6. The molecular formula is C17H25N3O3. The number of aliphatic hydroxyl groups excluding tert-OH is 1. The minimum atomic E-state index is -0.393. The highest BCUT2D eigenvalue weighted by Crippen LogP contribution is 2.20. The van der Waals surface area contributed by atoms with Crippen LogP contribution in [-0.2, 0) is 11.3 Å². The molecule has 2 atom stereocenters. The summed E-state index contributed by atoms with van der Waals surface area (Å²) in [5.74, 6) is 1.04. The molecule has 3 rings (SSSR count). The van der Waals surface area contributed by atoms with Crippen molar-refractivity contribution in [3.05, 3.63) is 29.8 Å². The van der Waals surface area contributed by atoms with E-state index in [4.69, 9.17) is 4.74 Å². The minimum Gasteiger partial charge on any atom is -0.496 e. The topological polar surface area (TPSA) is 65.0 Å². The maximum Gasteiger partial charge on any atom is 0.239 e. The summed E-state index contributed by atoms with van der Waals surface area (Å²) in [6.45, 7) is 4.55. The number of methoxy groups -OCH3 is 1. The van der Waals surface area contributed by atoms with Gasteiger partial charge in [0.25, 0.3) is 0 Å². The maximum absolute atomic E-state index is 12.4. The Bertz CT molecular complexity index is 544. The molecule has 6 nitrogen and oxygen atoms in total. The summed E-state index contributed by atoms with van der Waals surface area (Å²) in [7, 11) is 1.69. The van der Waals surface area contributed by atoms with Gasteiger partial charge in [-0.1, -0.05) is 18.2 Å². The summed E-state index contributed by atoms with van der Waals surface area (Å²) in [5.41, 5.74) is 1.18. The number of hydrogen-bond donors (Lipinski definition) is 2. The summed E-state index contributed by atoms with van der Waals surface area (Å²) >= 11 is 0. The van der Waals surface area contributed by atoms with Crippen LogP contribution in [0.2, 0.25) is 0 Å². The van der Waals surface area contributed by atoms with Gasteiger partial charge in [0.05, 0.1) is 19.3 Å². The van der Waals surface area contributed by atoms with Crippen LogP contribution in [0.4, 0.5) is 0 Å². The van der Waals surface area contributed by atoms with Crippen molar-refractivity contribution in [3.63, 3.8) is 0 Å². The van der Waals surface area contributed by atoms with Crippen molar-refractivity contribution in [2.75, 3.05) is 39.8 Å². The summed E-state index contributed by atoms with van der Waals surface area (Å²) in [6.07, 6.45) is 0.135. The van der Waals surface area contributed by atoms with Crippen LogP contribution in [0.5, 0.6) is 5.75 Å². The molecule has 2 unspecified atom stereocenters. The second-order valence-electron chi connectivity index (χ2n) is 6.26. The van der Waals surface area contributed by atoms with Gasteiger partial charge in [-0.3, -0.25) is 9.69 Å². The van der Waals surface area contributed by atoms with E-state index in [0.717, 1.165) is 38.5 Å². The molecule has 2 fully saturated rings. The SMILES string of the molecule is COc1ccccc1CN1CCN(C(=O)C2CC(O)CN2)CC1. The largest absolute Gasteiger partial charge is 0.496 e. The third-order valence-electron chi connectivity index (χ3n) is 4.68. The Hall–Kier alpha value is -1.63. The average molecular weight is 319 g/mol. The molecule has 1 aromatic carbocycles. The van der Waals surface area contributed by atoms with Crippen LogP contribution in [0.25, 0.3) is 0 Å². The van der Waals surface area contributed by atoms with Crippen molar-refractivity contribution in [2.24, 2.45) is 0 Å². The van der Waals surface area contributed by atoms with Gasteiger partial charge in [0.2, 0.25) is 5.91 Å². The van der Waals surface area contributed by atoms with Crippen molar-refractivity contribution >= 4 is 5.91 Å². The molecular weight excluding hydrogens is 294 g/mol. The van der Waals surface area contributed by atoms with Gasteiger partial charge in [0, 0.05) is 44.8 Å². The molecule has 6 heteroatoms. The number of hydrogen-bond acceptors (Lipinski definition) is 5. The lowest BCUT2D eigenvalue weighted by Gasteiger charge is -2.36. The van der Waals surface area contributed by atoms with Crippen LogP contribution in [0.1, 0.15) is 12.0 Å². The van der Waals surface area contributed by atoms with Crippen molar-refractivity contribution < 1.29 is 14.6 Å². The third-order valence-corrected chi connectivity index (χ3v) is 4.68. The van der Waals surface area contributed by atoms with Gasteiger partial charge < -0.3 is 20.1 Å². The predicted octanol–water partition coefficient (Wildman–Crippen LogP) is 0.0622. The lowest BCUT2D eigenvalue weighted by molar-refractivity contribution is -0.135. The van der Waals surface area contributed by atoms with E-state index in [2.05, 4.69) is 16.3 Å². The Balaban J connectivity index is 1.51. The Morgan fingerprint density at radius 2 is 2.04 bits per heavy atom. The molecule has 2 N–H and O–H groups in total. The number of rotatable bonds is 4. The first-order chi connectivity index (χ1) is 11.2. The van der Waals surface area contributed by atoms with Crippen LogP contribution in [-0.4, -0.2) is 72.8 Å². The van der Waals surface area contributed by atoms with E-state index in [1.54, 1.807) is 7.11 Å². The molecule has 23 heavy (non-hydrogen) atoms. The Kier molecular flexibility index (Phi) is 5.15. The fraction of sp³-hybridized carbons (Fsp3) is 0.588. The van der Waals surface area contributed by atoms with Gasteiger partial charge in [-0.2, -0.15) is 0 Å². The van der Waals surface area contributed by atoms with Gasteiger partial charge >= 0.3 is 0 Å². The molecule has 2 aliphatic rings. The van der Waals surface area contributed by atoms with Crippen molar-refractivity contribution in [1.29, 1.82) is 0 Å². The van der Waals surface area contributed by atoms with E-state index in [0.29, 0.717) is 13.0 Å². The lowest BCUT2D eigenvalue weighted by Crippen LogP contribution is -2.52. The van der Waals surface area contributed by atoms with E-state index < -0.39 is 6.10 Å². The van der Waals surface area contributed by atoms with E-state index in [1.165, 1.54) is 5.56 Å². The highest BCUT2D eigenvalue weighted by atomic mass is 16.5. The zero-order valence-corrected chi connectivity index (χ0v) is 13.6. The molecule has 126 valence electrons. The summed E-state index contributed by atoms with van der Waals surface area (Å²) in [6, 6.07) is 7.84. The van der Waals surface area contributed by atoms with Crippen molar-refractivity contribution in [2.45, 2.75) is 25.1 Å². The van der Waals surface area contributed by atoms with Crippen LogP contribution < -0.4 is 10.1 Å². The van der Waals surface area contributed by atoms with E-state index in [9.17, 15) is 9.90 Å². The molecule has 2 aliphatic heterocycles. The molecule has 0 radical (unpaired) electrons. The average Bonchev–Trinajstić information content (AvgIpc) is 3.02. The van der Waals surface area contributed by atoms with Crippen LogP contribution in [0, 0.1) is 0 Å². The van der Waals surface area contributed by atoms with Crippen LogP contribution in [0.15, 0.2) is 24.3 Å². The highest BCUT2D eigenvalue weighted by molar-refractivity contribution is 5.82. The quantitative estimate of drug-likeness (QED) is 0.822. The standard InChI is InChI=1S/C17H25N3O3/c1-23-16-5-3-2-4-13(16)12-19-6-8-20(9-7-19)17(22)15-10-14(21)11-18-15/h2-5,14-15,18,21H,6-12H2,1H3. The number of carbonyl (C=O) groups excluding carboxylic acids is 1. The van der Waals surface area contributed by atoms with Gasteiger partial charge in [0.15, 0.2) is 0 Å². The van der Waals surface area contributed by atoms with Crippen LogP contribution in [0.3, 0.4) is 0 Å². The number of β-amino-alcohol motifs (C(OH)–C–C–N with tert-alkyl or cyclic N) is 1. The second-order valence-corrected chi connectivity index (χ2v) is 6.26. The zero-order valence-electron chi connectivity index (χ0n) is 13.6. The van der Waals surface area contributed by atoms with Gasteiger partial charge in [-0.15, -0.1) is 0 Å². The Labute approximate surface area is 137 Å². The van der Waals surface area contributed by atoms with E-state index in [-0.39, 0.29) is 11.9 Å². The third kappa shape index (κ3) is 3.83. The van der Waals surface area contributed by atoms with Gasteiger partial charge in [0.1, 0.15) is 5.75 Å². The number of para-hydroxylation sites is 1. The highest BCUT2D eigenvalue weighted by Gasteiger charge is 2.32. The van der Waals surface area contributed by atoms with Crippen molar-refractivity contribution in [3.8, 4) is 5.75 Å². The zero-order chi connectivity index (χ0) is 16.2. The molecule has 2 saturated heterocycles. The number of benzene rings is 1.